The highest BCUT2D eigenvalue weighted by Crippen LogP contribution is 2.42. The fourth-order valence-corrected chi connectivity index (χ4v) is 6.22. The van der Waals surface area contributed by atoms with Crippen molar-refractivity contribution in [3.8, 4) is 5.75 Å². The molecule has 0 aromatic heterocycles. The molecule has 40 heavy (non-hydrogen) atoms. The van der Waals surface area contributed by atoms with Crippen molar-refractivity contribution >= 4 is 22.9 Å². The summed E-state index contributed by atoms with van der Waals surface area (Å²) in [5, 5.41) is 0. The number of ether oxygens (including phenoxy) is 3. The molecule has 0 unspecified atom stereocenters. The van der Waals surface area contributed by atoms with Crippen LogP contribution in [0, 0.1) is 0 Å². The van der Waals surface area contributed by atoms with Crippen molar-refractivity contribution in [1.29, 1.82) is 0 Å². The maximum atomic E-state index is 6.17. The number of benzene rings is 4. The molecule has 1 aliphatic carbocycles. The monoisotopic (exact) mass is 550 g/mol. The number of fused-ring (bicyclic) bond motifs is 1. The number of thioether (sulfide) groups is 1. The first-order valence-electron chi connectivity index (χ1n) is 14.1. The third-order valence-electron chi connectivity index (χ3n) is 7.43. The molecule has 0 N–H and O–H groups in total. The van der Waals surface area contributed by atoms with Crippen molar-refractivity contribution in [3.63, 3.8) is 0 Å². The molecule has 0 saturated carbocycles. The van der Waals surface area contributed by atoms with Gasteiger partial charge in [0.25, 0.3) is 0 Å². The van der Waals surface area contributed by atoms with Gasteiger partial charge in [0.1, 0.15) is 12.4 Å². The van der Waals surface area contributed by atoms with Crippen LogP contribution in [-0.4, -0.2) is 26.3 Å². The third kappa shape index (κ3) is 7.25. The molecule has 0 spiro atoms. The highest BCUT2D eigenvalue weighted by Gasteiger charge is 2.22. The Kier molecular flexibility index (Phi) is 10.1. The van der Waals surface area contributed by atoms with Gasteiger partial charge in [-0.05, 0) is 101 Å². The summed E-state index contributed by atoms with van der Waals surface area (Å²) in [5.41, 5.74) is 9.16. The van der Waals surface area contributed by atoms with Crippen LogP contribution in [0.4, 0.5) is 0 Å². The first-order valence-corrected chi connectivity index (χ1v) is 15.1. The van der Waals surface area contributed by atoms with E-state index in [4.69, 9.17) is 14.2 Å². The summed E-state index contributed by atoms with van der Waals surface area (Å²) < 4.78 is 16.8. The van der Waals surface area contributed by atoms with Crippen LogP contribution >= 0.6 is 11.8 Å². The summed E-state index contributed by atoms with van der Waals surface area (Å²) in [5.74, 6) is 2.02. The Bertz CT molecular complexity index is 1380. The molecule has 4 heteroatoms. The smallest absolute Gasteiger partial charge is 0.156 e. The Morgan fingerprint density at radius 2 is 1.45 bits per heavy atom. The Morgan fingerprint density at radius 3 is 2.17 bits per heavy atom. The predicted octanol–water partition coefficient (Wildman–Crippen LogP) is 9.05. The summed E-state index contributed by atoms with van der Waals surface area (Å²) in [4.78, 5) is 1.31. The number of aryl methyl sites for hydroxylation is 1. The van der Waals surface area contributed by atoms with Crippen LogP contribution in [0.1, 0.15) is 53.5 Å². The van der Waals surface area contributed by atoms with Gasteiger partial charge in [0.15, 0.2) is 6.29 Å². The molecule has 3 nitrogen and oxygen atoms in total. The first kappa shape index (κ1) is 28.2. The molecule has 0 radical (unpaired) electrons. The molecular formula is C36H38O3S. The van der Waals surface area contributed by atoms with Crippen LogP contribution in [0.5, 0.6) is 5.75 Å². The average Bonchev–Trinajstić information content (AvgIpc) is 3.02. The maximum Gasteiger partial charge on any atom is 0.156 e. The van der Waals surface area contributed by atoms with E-state index in [0.29, 0.717) is 6.61 Å². The van der Waals surface area contributed by atoms with Gasteiger partial charge in [-0.25, -0.2) is 0 Å². The number of hydrogen-bond acceptors (Lipinski definition) is 4. The molecule has 0 fully saturated rings. The Morgan fingerprint density at radius 1 is 0.725 bits per heavy atom. The van der Waals surface area contributed by atoms with Crippen LogP contribution in [0.3, 0.4) is 0 Å². The van der Waals surface area contributed by atoms with Crippen molar-refractivity contribution < 1.29 is 14.2 Å². The zero-order chi connectivity index (χ0) is 27.6. The summed E-state index contributed by atoms with van der Waals surface area (Å²) >= 11 is 1.92. The second kappa shape index (κ2) is 14.4. The second-order valence-corrected chi connectivity index (χ2v) is 11.3. The summed E-state index contributed by atoms with van der Waals surface area (Å²) in [6.07, 6.45) is 5.09. The van der Waals surface area contributed by atoms with Crippen molar-refractivity contribution in [1.82, 2.24) is 0 Å². The Hall–Kier alpha value is -3.31. The number of rotatable bonds is 13. The van der Waals surface area contributed by atoms with E-state index in [-0.39, 0.29) is 6.29 Å². The Balaban J connectivity index is 1.34. The van der Waals surface area contributed by atoms with Gasteiger partial charge in [-0.2, -0.15) is 0 Å². The summed E-state index contributed by atoms with van der Waals surface area (Å²) in [6.45, 7) is 0.579. The van der Waals surface area contributed by atoms with E-state index in [1.165, 1.54) is 43.9 Å². The molecule has 1 aliphatic rings. The zero-order valence-corrected chi connectivity index (χ0v) is 24.3. The minimum Gasteiger partial charge on any atom is -0.489 e. The van der Waals surface area contributed by atoms with Crippen molar-refractivity contribution in [2.75, 3.05) is 20.0 Å². The largest absolute Gasteiger partial charge is 0.489 e. The predicted molar refractivity (Wildman–Crippen MR) is 167 cm³/mol. The normalized spacial score (nSPS) is 13.0. The molecule has 0 atom stereocenters. The van der Waals surface area contributed by atoms with Crippen LogP contribution in [0.25, 0.3) is 11.1 Å². The lowest BCUT2D eigenvalue weighted by Gasteiger charge is -2.25. The summed E-state index contributed by atoms with van der Waals surface area (Å²) in [7, 11) is 3.40. The van der Waals surface area contributed by atoms with Gasteiger partial charge in [0.2, 0.25) is 0 Å². The topological polar surface area (TPSA) is 27.7 Å². The van der Waals surface area contributed by atoms with E-state index in [1.807, 2.05) is 17.8 Å². The van der Waals surface area contributed by atoms with Crippen molar-refractivity contribution in [2.24, 2.45) is 0 Å². The third-order valence-corrected chi connectivity index (χ3v) is 8.53. The minimum atomic E-state index is -0.0961. The van der Waals surface area contributed by atoms with Crippen LogP contribution in [-0.2, 0) is 22.5 Å². The molecule has 0 bridgehead atoms. The second-order valence-electron chi connectivity index (χ2n) is 10.1. The molecule has 0 heterocycles. The molecule has 0 aliphatic heterocycles. The van der Waals surface area contributed by atoms with Gasteiger partial charge in [0.05, 0.1) is 0 Å². The van der Waals surface area contributed by atoms with E-state index in [9.17, 15) is 0 Å². The highest BCUT2D eigenvalue weighted by atomic mass is 32.2. The highest BCUT2D eigenvalue weighted by molar-refractivity contribution is 7.99. The SMILES string of the molecule is COC(CCCCSc1ccc(C2=C(c3ccccc3)CCc3cc(OCc4ccccc4)ccc32)cc1)OC. The van der Waals surface area contributed by atoms with Crippen LogP contribution < -0.4 is 4.74 Å². The van der Waals surface area contributed by atoms with Gasteiger partial charge in [-0.3, -0.25) is 0 Å². The Labute approximate surface area is 243 Å². The fraction of sp³-hybridized carbons (Fsp3) is 0.278. The minimum absolute atomic E-state index is 0.0961. The fourth-order valence-electron chi connectivity index (χ4n) is 5.31. The maximum absolute atomic E-state index is 6.17. The molecule has 0 amide bonds. The molecule has 4 aromatic carbocycles. The number of methoxy groups -OCH3 is 2. The first-order chi connectivity index (χ1) is 19.7. The lowest BCUT2D eigenvalue weighted by molar-refractivity contribution is -0.106. The van der Waals surface area contributed by atoms with Gasteiger partial charge in [-0.1, -0.05) is 78.9 Å². The summed E-state index contributed by atoms with van der Waals surface area (Å²) in [6, 6.07) is 36.9. The van der Waals surface area contributed by atoms with Crippen molar-refractivity contribution in [3.05, 3.63) is 131 Å². The standard InChI is InChI=1S/C36H38O3S/c1-37-35(38-2)15-9-10-24-40-32-20-16-29(17-21-32)36-33(28-13-7-4-8-14-28)22-18-30-25-31(19-23-34(30)36)39-26-27-11-5-3-6-12-27/h3-8,11-14,16-17,19-21,23,25,35H,9-10,15,18,22,24,26H2,1-2H3. The molecule has 206 valence electrons. The lowest BCUT2D eigenvalue weighted by Crippen LogP contribution is -2.12. The quantitative estimate of drug-likeness (QED) is 0.0943. The average molecular weight is 551 g/mol. The molecule has 5 rings (SSSR count). The molecular weight excluding hydrogens is 512 g/mol. The number of hydrogen-bond donors (Lipinski definition) is 0. The number of unbranched alkanes of at least 4 members (excludes halogenated alkanes) is 1. The lowest BCUT2D eigenvalue weighted by atomic mass is 9.79. The van der Waals surface area contributed by atoms with E-state index in [2.05, 4.69) is 97.1 Å². The van der Waals surface area contributed by atoms with Gasteiger partial charge in [-0.15, -0.1) is 11.8 Å². The molecule has 0 saturated heterocycles. The van der Waals surface area contributed by atoms with E-state index in [1.54, 1.807) is 14.2 Å². The zero-order valence-electron chi connectivity index (χ0n) is 23.5. The van der Waals surface area contributed by atoms with E-state index >= 15 is 0 Å². The van der Waals surface area contributed by atoms with Crippen LogP contribution in [0.2, 0.25) is 0 Å². The van der Waals surface area contributed by atoms with E-state index < -0.39 is 0 Å². The molecule has 4 aromatic rings. The van der Waals surface area contributed by atoms with Crippen LogP contribution in [0.15, 0.2) is 108 Å². The van der Waals surface area contributed by atoms with E-state index in [0.717, 1.165) is 43.6 Å². The van der Waals surface area contributed by atoms with Gasteiger partial charge < -0.3 is 14.2 Å². The van der Waals surface area contributed by atoms with Gasteiger partial charge >= 0.3 is 0 Å². The van der Waals surface area contributed by atoms with Crippen molar-refractivity contribution in [2.45, 2.75) is 49.9 Å². The number of allylic oxidation sites excluding steroid dienone is 1. The van der Waals surface area contributed by atoms with Gasteiger partial charge in [0, 0.05) is 19.1 Å².